The molecule has 0 amide bonds. The Morgan fingerprint density at radius 3 is 2.56 bits per heavy atom. The summed E-state index contributed by atoms with van der Waals surface area (Å²) in [6.45, 7) is 5.14. The summed E-state index contributed by atoms with van der Waals surface area (Å²) < 4.78 is 13.2. The average molecular weight is 250 g/mol. The highest BCUT2D eigenvalue weighted by molar-refractivity contribution is 5.46. The maximum Gasteiger partial charge on any atom is 0.125 e. The molecule has 3 heteroatoms. The van der Waals surface area contributed by atoms with E-state index in [2.05, 4.69) is 19.2 Å². The summed E-state index contributed by atoms with van der Waals surface area (Å²) in [6.07, 6.45) is 3.38. The van der Waals surface area contributed by atoms with Crippen molar-refractivity contribution >= 4 is 5.69 Å². The Hall–Kier alpha value is -1.09. The molecular formula is C15H23FN2. The lowest BCUT2D eigenvalue weighted by Crippen LogP contribution is -2.50. The van der Waals surface area contributed by atoms with Crippen molar-refractivity contribution in [2.24, 2.45) is 17.6 Å². The molecule has 0 aromatic heterocycles. The average Bonchev–Trinajstić information content (AvgIpc) is 2.27. The largest absolute Gasteiger partial charge is 0.378 e. The molecule has 1 aliphatic carbocycles. The fourth-order valence-electron chi connectivity index (χ4n) is 3.46. The first-order valence-corrected chi connectivity index (χ1v) is 6.77. The van der Waals surface area contributed by atoms with Crippen LogP contribution < -0.4 is 11.1 Å². The number of hydrogen-bond acceptors (Lipinski definition) is 2. The van der Waals surface area contributed by atoms with Gasteiger partial charge in [0.25, 0.3) is 0 Å². The van der Waals surface area contributed by atoms with Crippen LogP contribution in [0.3, 0.4) is 0 Å². The molecule has 0 heterocycles. The van der Waals surface area contributed by atoms with Crippen molar-refractivity contribution in [1.29, 1.82) is 0 Å². The van der Waals surface area contributed by atoms with Crippen molar-refractivity contribution in [3.05, 3.63) is 30.1 Å². The zero-order valence-corrected chi connectivity index (χ0v) is 11.2. The van der Waals surface area contributed by atoms with E-state index in [0.717, 1.165) is 18.5 Å². The number of halogens is 1. The van der Waals surface area contributed by atoms with Crippen LogP contribution in [0.2, 0.25) is 0 Å². The van der Waals surface area contributed by atoms with Crippen LogP contribution in [0, 0.1) is 17.7 Å². The van der Waals surface area contributed by atoms with Gasteiger partial charge in [0.15, 0.2) is 0 Å². The molecule has 0 spiro atoms. The van der Waals surface area contributed by atoms with Gasteiger partial charge in [-0.15, -0.1) is 0 Å². The maximum absolute atomic E-state index is 13.2. The Labute approximate surface area is 109 Å². The van der Waals surface area contributed by atoms with Gasteiger partial charge in [-0.2, -0.15) is 0 Å². The van der Waals surface area contributed by atoms with E-state index in [1.807, 2.05) is 6.07 Å². The quantitative estimate of drug-likeness (QED) is 0.863. The fourth-order valence-corrected chi connectivity index (χ4v) is 3.46. The van der Waals surface area contributed by atoms with Crippen LogP contribution in [0.25, 0.3) is 0 Å². The molecule has 0 bridgehead atoms. The van der Waals surface area contributed by atoms with Gasteiger partial charge in [-0.1, -0.05) is 19.9 Å². The molecular weight excluding hydrogens is 227 g/mol. The number of rotatable bonds is 3. The smallest absolute Gasteiger partial charge is 0.125 e. The molecule has 3 N–H and O–H groups in total. The first-order chi connectivity index (χ1) is 8.53. The molecule has 100 valence electrons. The molecule has 1 fully saturated rings. The van der Waals surface area contributed by atoms with Gasteiger partial charge in [-0.05, 0) is 49.3 Å². The molecule has 1 aliphatic rings. The lowest BCUT2D eigenvalue weighted by molar-refractivity contribution is 0.205. The second-order valence-corrected chi connectivity index (χ2v) is 5.97. The Morgan fingerprint density at radius 2 is 2.00 bits per heavy atom. The number of nitrogens with two attached hydrogens (primary N) is 1. The predicted octanol–water partition coefficient (Wildman–Crippen LogP) is 3.39. The first kappa shape index (κ1) is 13.3. The van der Waals surface area contributed by atoms with Gasteiger partial charge in [0.1, 0.15) is 5.82 Å². The summed E-state index contributed by atoms with van der Waals surface area (Å²) in [5.74, 6) is 1.13. The van der Waals surface area contributed by atoms with Crippen LogP contribution >= 0.6 is 0 Å². The predicted molar refractivity (Wildman–Crippen MR) is 74.0 cm³/mol. The fraction of sp³-hybridized carbons (Fsp3) is 0.600. The zero-order valence-electron chi connectivity index (χ0n) is 11.2. The van der Waals surface area contributed by atoms with Crippen molar-refractivity contribution in [3.63, 3.8) is 0 Å². The maximum atomic E-state index is 13.2. The van der Waals surface area contributed by atoms with Gasteiger partial charge in [0.05, 0.1) is 5.54 Å². The van der Waals surface area contributed by atoms with E-state index < -0.39 is 0 Å². The van der Waals surface area contributed by atoms with Crippen molar-refractivity contribution in [2.75, 3.05) is 11.9 Å². The SMILES string of the molecule is CC1CC(C)CC(CN)(Nc2cccc(F)c2)C1. The molecule has 1 aromatic carbocycles. The van der Waals surface area contributed by atoms with Crippen LogP contribution in [0.4, 0.5) is 10.1 Å². The van der Waals surface area contributed by atoms with Gasteiger partial charge in [-0.3, -0.25) is 0 Å². The van der Waals surface area contributed by atoms with Crippen LogP contribution in [0.15, 0.2) is 24.3 Å². The summed E-state index contributed by atoms with van der Waals surface area (Å²) in [6, 6.07) is 6.65. The van der Waals surface area contributed by atoms with E-state index in [4.69, 9.17) is 5.73 Å². The minimum atomic E-state index is -0.205. The standard InChI is InChI=1S/C15H23FN2/c1-11-6-12(2)9-15(8-11,10-17)18-14-5-3-4-13(16)7-14/h3-5,7,11-12,18H,6,8-10,17H2,1-2H3. The summed E-state index contributed by atoms with van der Waals surface area (Å²) in [5, 5.41) is 3.48. The van der Waals surface area contributed by atoms with Crippen LogP contribution in [0.1, 0.15) is 33.1 Å². The molecule has 18 heavy (non-hydrogen) atoms. The van der Waals surface area contributed by atoms with Gasteiger partial charge in [-0.25, -0.2) is 4.39 Å². The lowest BCUT2D eigenvalue weighted by Gasteiger charge is -2.43. The second-order valence-electron chi connectivity index (χ2n) is 5.97. The van der Waals surface area contributed by atoms with Gasteiger partial charge in [0.2, 0.25) is 0 Å². The van der Waals surface area contributed by atoms with E-state index in [1.165, 1.54) is 12.5 Å². The summed E-state index contributed by atoms with van der Waals surface area (Å²) in [5.41, 5.74) is 6.75. The molecule has 0 aliphatic heterocycles. The van der Waals surface area contributed by atoms with E-state index in [9.17, 15) is 4.39 Å². The van der Waals surface area contributed by atoms with Gasteiger partial charge >= 0.3 is 0 Å². The van der Waals surface area contributed by atoms with Crippen LogP contribution in [-0.4, -0.2) is 12.1 Å². The lowest BCUT2D eigenvalue weighted by atomic mass is 9.71. The Bertz CT molecular complexity index is 395. The Kier molecular flexibility index (Phi) is 3.91. The minimum Gasteiger partial charge on any atom is -0.378 e. The van der Waals surface area contributed by atoms with Crippen LogP contribution in [0.5, 0.6) is 0 Å². The molecule has 2 atom stereocenters. The third-order valence-electron chi connectivity index (χ3n) is 3.91. The highest BCUT2D eigenvalue weighted by atomic mass is 19.1. The summed E-state index contributed by atoms with van der Waals surface area (Å²) in [4.78, 5) is 0. The number of hydrogen-bond donors (Lipinski definition) is 2. The molecule has 1 saturated carbocycles. The monoisotopic (exact) mass is 250 g/mol. The molecule has 0 saturated heterocycles. The third kappa shape index (κ3) is 3.02. The van der Waals surface area contributed by atoms with Crippen molar-refractivity contribution < 1.29 is 4.39 Å². The van der Waals surface area contributed by atoms with E-state index in [-0.39, 0.29) is 11.4 Å². The highest BCUT2D eigenvalue weighted by Crippen LogP contribution is 2.37. The van der Waals surface area contributed by atoms with Crippen molar-refractivity contribution in [2.45, 2.75) is 38.6 Å². The third-order valence-corrected chi connectivity index (χ3v) is 3.91. The molecule has 2 unspecified atom stereocenters. The minimum absolute atomic E-state index is 0.0785. The number of anilines is 1. The van der Waals surface area contributed by atoms with Crippen molar-refractivity contribution in [1.82, 2.24) is 0 Å². The Balaban J connectivity index is 2.17. The first-order valence-electron chi connectivity index (χ1n) is 6.77. The van der Waals surface area contributed by atoms with Gasteiger partial charge in [0, 0.05) is 12.2 Å². The molecule has 2 rings (SSSR count). The second kappa shape index (κ2) is 5.27. The van der Waals surface area contributed by atoms with E-state index in [1.54, 1.807) is 12.1 Å². The normalized spacial score (nSPS) is 32.2. The topological polar surface area (TPSA) is 38.0 Å². The van der Waals surface area contributed by atoms with E-state index in [0.29, 0.717) is 18.4 Å². The number of nitrogens with one attached hydrogen (secondary N) is 1. The summed E-state index contributed by atoms with van der Waals surface area (Å²) in [7, 11) is 0. The van der Waals surface area contributed by atoms with Gasteiger partial charge < -0.3 is 11.1 Å². The van der Waals surface area contributed by atoms with E-state index >= 15 is 0 Å². The molecule has 2 nitrogen and oxygen atoms in total. The molecule has 0 radical (unpaired) electrons. The zero-order chi connectivity index (χ0) is 13.2. The summed E-state index contributed by atoms with van der Waals surface area (Å²) >= 11 is 0. The molecule has 1 aromatic rings. The number of benzene rings is 1. The van der Waals surface area contributed by atoms with Crippen LogP contribution in [-0.2, 0) is 0 Å². The Morgan fingerprint density at radius 1 is 1.33 bits per heavy atom. The highest BCUT2D eigenvalue weighted by Gasteiger charge is 2.36. The van der Waals surface area contributed by atoms with Crippen molar-refractivity contribution in [3.8, 4) is 0 Å².